The molecule has 0 bridgehead atoms. The van der Waals surface area contributed by atoms with Gasteiger partial charge in [0.15, 0.2) is 0 Å². The minimum absolute atomic E-state index is 0.0115. The molecule has 0 saturated heterocycles. The first-order chi connectivity index (χ1) is 9.69. The molecule has 0 saturated carbocycles. The molecule has 0 aromatic carbocycles. The Labute approximate surface area is 122 Å². The summed E-state index contributed by atoms with van der Waals surface area (Å²) in [5.74, 6) is 0.930. The first-order valence-electron chi connectivity index (χ1n) is 7.31. The van der Waals surface area contributed by atoms with Crippen molar-refractivity contribution in [3.63, 3.8) is 0 Å². The number of rotatable bonds is 10. The number of aromatic nitrogens is 1. The molecular formula is C15H27N3O2. The van der Waals surface area contributed by atoms with Crippen LogP contribution in [0.4, 0.5) is 5.82 Å². The topological polar surface area (TPSA) is 60.6 Å². The SMILES string of the molecule is CCOCCN(CCOCC)c1cc([C@@H](C)N)ccn1. The minimum atomic E-state index is 0.0115. The Morgan fingerprint density at radius 2 is 1.80 bits per heavy atom. The van der Waals surface area contributed by atoms with Crippen LogP contribution in [-0.2, 0) is 9.47 Å². The van der Waals surface area contributed by atoms with E-state index in [1.165, 1.54) is 0 Å². The van der Waals surface area contributed by atoms with Crippen molar-refractivity contribution in [3.8, 4) is 0 Å². The van der Waals surface area contributed by atoms with E-state index in [1.807, 2.05) is 39.1 Å². The monoisotopic (exact) mass is 281 g/mol. The van der Waals surface area contributed by atoms with Gasteiger partial charge in [-0.15, -0.1) is 0 Å². The number of hydrogen-bond donors (Lipinski definition) is 1. The van der Waals surface area contributed by atoms with Crippen LogP contribution in [0.2, 0.25) is 0 Å². The van der Waals surface area contributed by atoms with Crippen molar-refractivity contribution in [2.75, 3.05) is 44.4 Å². The Morgan fingerprint density at radius 1 is 1.20 bits per heavy atom. The molecule has 1 aromatic heterocycles. The van der Waals surface area contributed by atoms with Gasteiger partial charge in [0.2, 0.25) is 0 Å². The normalized spacial score (nSPS) is 12.4. The van der Waals surface area contributed by atoms with Gasteiger partial charge in [-0.1, -0.05) is 0 Å². The van der Waals surface area contributed by atoms with Crippen molar-refractivity contribution >= 4 is 5.82 Å². The van der Waals surface area contributed by atoms with Gasteiger partial charge in [-0.2, -0.15) is 0 Å². The Hall–Kier alpha value is -1.17. The molecule has 0 aliphatic rings. The highest BCUT2D eigenvalue weighted by molar-refractivity contribution is 5.41. The lowest BCUT2D eigenvalue weighted by Crippen LogP contribution is -2.32. The Bertz CT molecular complexity index is 362. The van der Waals surface area contributed by atoms with Crippen LogP contribution in [0.5, 0.6) is 0 Å². The largest absolute Gasteiger partial charge is 0.380 e. The third kappa shape index (κ3) is 5.86. The van der Waals surface area contributed by atoms with E-state index < -0.39 is 0 Å². The Balaban J connectivity index is 2.71. The van der Waals surface area contributed by atoms with Gasteiger partial charge >= 0.3 is 0 Å². The molecule has 1 heterocycles. The first kappa shape index (κ1) is 16.9. The molecule has 20 heavy (non-hydrogen) atoms. The molecule has 5 nitrogen and oxygen atoms in total. The fourth-order valence-corrected chi connectivity index (χ4v) is 1.87. The lowest BCUT2D eigenvalue weighted by molar-refractivity contribution is 0.141. The molecule has 0 amide bonds. The number of hydrogen-bond acceptors (Lipinski definition) is 5. The van der Waals surface area contributed by atoms with Crippen LogP contribution in [0.1, 0.15) is 32.4 Å². The maximum Gasteiger partial charge on any atom is 0.128 e. The smallest absolute Gasteiger partial charge is 0.128 e. The van der Waals surface area contributed by atoms with E-state index in [-0.39, 0.29) is 6.04 Å². The summed E-state index contributed by atoms with van der Waals surface area (Å²) < 4.78 is 10.9. The van der Waals surface area contributed by atoms with Gasteiger partial charge in [0.05, 0.1) is 13.2 Å². The number of pyridine rings is 1. The molecule has 1 atom stereocenters. The third-order valence-electron chi connectivity index (χ3n) is 3.04. The van der Waals surface area contributed by atoms with E-state index in [1.54, 1.807) is 0 Å². The van der Waals surface area contributed by atoms with Crippen LogP contribution < -0.4 is 10.6 Å². The zero-order valence-corrected chi connectivity index (χ0v) is 12.8. The lowest BCUT2D eigenvalue weighted by atomic mass is 10.1. The highest BCUT2D eigenvalue weighted by atomic mass is 16.5. The van der Waals surface area contributed by atoms with E-state index in [2.05, 4.69) is 9.88 Å². The van der Waals surface area contributed by atoms with Crippen LogP contribution in [-0.4, -0.2) is 44.5 Å². The molecule has 114 valence electrons. The van der Waals surface area contributed by atoms with Crippen LogP contribution in [0.15, 0.2) is 18.3 Å². The van der Waals surface area contributed by atoms with Crippen molar-refractivity contribution in [3.05, 3.63) is 23.9 Å². The van der Waals surface area contributed by atoms with E-state index in [0.717, 1.165) is 37.7 Å². The van der Waals surface area contributed by atoms with Gasteiger partial charge < -0.3 is 20.1 Å². The maximum absolute atomic E-state index is 5.93. The quantitative estimate of drug-likeness (QED) is 0.665. The highest BCUT2D eigenvalue weighted by Crippen LogP contribution is 2.16. The Morgan fingerprint density at radius 3 is 2.30 bits per heavy atom. The molecule has 1 aromatic rings. The minimum Gasteiger partial charge on any atom is -0.380 e. The average Bonchev–Trinajstić information content (AvgIpc) is 2.46. The van der Waals surface area contributed by atoms with E-state index >= 15 is 0 Å². The van der Waals surface area contributed by atoms with Gasteiger partial charge in [-0.3, -0.25) is 0 Å². The number of ether oxygens (including phenoxy) is 2. The molecule has 0 unspecified atom stereocenters. The number of nitrogens with two attached hydrogens (primary N) is 1. The van der Waals surface area contributed by atoms with Crippen molar-refractivity contribution < 1.29 is 9.47 Å². The van der Waals surface area contributed by atoms with Crippen molar-refractivity contribution in [2.24, 2.45) is 5.73 Å². The standard InChI is InChI=1S/C15H27N3O2/c1-4-19-10-8-18(9-11-20-5-2)15-12-14(13(3)16)6-7-17-15/h6-7,12-13H,4-5,8-11,16H2,1-3H3/t13-/m1/s1. The summed E-state index contributed by atoms with van der Waals surface area (Å²) in [4.78, 5) is 6.62. The third-order valence-corrected chi connectivity index (χ3v) is 3.04. The molecule has 0 radical (unpaired) electrons. The van der Waals surface area contributed by atoms with Crippen LogP contribution in [0.3, 0.4) is 0 Å². The number of anilines is 1. The molecule has 0 aliphatic heterocycles. The lowest BCUT2D eigenvalue weighted by Gasteiger charge is -2.24. The van der Waals surface area contributed by atoms with Gasteiger partial charge in [-0.05, 0) is 38.5 Å². The summed E-state index contributed by atoms with van der Waals surface area (Å²) in [6.45, 7) is 10.4. The second-order valence-electron chi connectivity index (χ2n) is 4.62. The molecule has 5 heteroatoms. The van der Waals surface area contributed by atoms with E-state index in [0.29, 0.717) is 13.2 Å². The molecular weight excluding hydrogens is 254 g/mol. The van der Waals surface area contributed by atoms with Gasteiger partial charge in [0.25, 0.3) is 0 Å². The average molecular weight is 281 g/mol. The molecule has 0 spiro atoms. The van der Waals surface area contributed by atoms with Crippen LogP contribution in [0, 0.1) is 0 Å². The number of nitrogens with zero attached hydrogens (tertiary/aromatic N) is 2. The molecule has 1 rings (SSSR count). The second-order valence-corrected chi connectivity index (χ2v) is 4.62. The predicted octanol–water partition coefficient (Wildman–Crippen LogP) is 1.98. The van der Waals surface area contributed by atoms with Crippen LogP contribution >= 0.6 is 0 Å². The van der Waals surface area contributed by atoms with Crippen molar-refractivity contribution in [1.82, 2.24) is 4.98 Å². The molecule has 0 aliphatic carbocycles. The maximum atomic E-state index is 5.93. The second kappa shape index (κ2) is 9.69. The zero-order chi connectivity index (χ0) is 14.8. The van der Waals surface area contributed by atoms with Crippen LogP contribution in [0.25, 0.3) is 0 Å². The predicted molar refractivity (Wildman–Crippen MR) is 82.0 cm³/mol. The van der Waals surface area contributed by atoms with Gasteiger partial charge in [0.1, 0.15) is 5.82 Å². The van der Waals surface area contributed by atoms with E-state index in [4.69, 9.17) is 15.2 Å². The summed E-state index contributed by atoms with van der Waals surface area (Å²) in [6.07, 6.45) is 1.81. The van der Waals surface area contributed by atoms with Gasteiger partial charge in [0, 0.05) is 38.5 Å². The van der Waals surface area contributed by atoms with E-state index in [9.17, 15) is 0 Å². The Kier molecular flexibility index (Phi) is 8.18. The molecule has 2 N–H and O–H groups in total. The summed E-state index contributed by atoms with van der Waals surface area (Å²) in [6, 6.07) is 4.01. The van der Waals surface area contributed by atoms with Crippen molar-refractivity contribution in [1.29, 1.82) is 0 Å². The summed E-state index contributed by atoms with van der Waals surface area (Å²) in [5.41, 5.74) is 7.02. The van der Waals surface area contributed by atoms with Crippen molar-refractivity contribution in [2.45, 2.75) is 26.8 Å². The zero-order valence-electron chi connectivity index (χ0n) is 12.8. The fraction of sp³-hybridized carbons (Fsp3) is 0.667. The highest BCUT2D eigenvalue weighted by Gasteiger charge is 2.10. The fourth-order valence-electron chi connectivity index (χ4n) is 1.87. The van der Waals surface area contributed by atoms with Gasteiger partial charge in [-0.25, -0.2) is 4.98 Å². The summed E-state index contributed by atoms with van der Waals surface area (Å²) in [5, 5.41) is 0. The summed E-state index contributed by atoms with van der Waals surface area (Å²) in [7, 11) is 0. The summed E-state index contributed by atoms with van der Waals surface area (Å²) >= 11 is 0. The molecule has 0 fully saturated rings. The first-order valence-corrected chi connectivity index (χ1v) is 7.31.